The van der Waals surface area contributed by atoms with Crippen LogP contribution in [0.3, 0.4) is 0 Å². The van der Waals surface area contributed by atoms with Crippen molar-refractivity contribution in [1.82, 2.24) is 5.32 Å². The number of halogens is 2. The first-order chi connectivity index (χ1) is 11.1. The first-order valence-corrected chi connectivity index (χ1v) is 7.16. The Bertz CT molecular complexity index is 723. The van der Waals surface area contributed by atoms with Gasteiger partial charge in [-0.05, 0) is 36.4 Å². The van der Waals surface area contributed by atoms with Crippen LogP contribution in [0.5, 0.6) is 5.75 Å². The van der Waals surface area contributed by atoms with Crippen molar-refractivity contribution in [2.75, 3.05) is 18.5 Å². The predicted molar refractivity (Wildman–Crippen MR) is 88.1 cm³/mol. The summed E-state index contributed by atoms with van der Waals surface area (Å²) >= 11 is 5.93. The highest BCUT2D eigenvalue weighted by Crippen LogP contribution is 2.22. The van der Waals surface area contributed by atoms with Gasteiger partial charge in [0.1, 0.15) is 18.2 Å². The Balaban J connectivity index is 1.68. The predicted octanol–water partition coefficient (Wildman–Crippen LogP) is 3.68. The maximum atomic E-state index is 12.7. The average Bonchev–Trinajstić information content (AvgIpc) is 2.54. The zero-order valence-corrected chi connectivity index (χ0v) is 12.9. The van der Waals surface area contributed by atoms with E-state index in [2.05, 4.69) is 22.5 Å². The molecule has 0 atom stereocenters. The molecule has 0 aromatic heterocycles. The van der Waals surface area contributed by atoms with Crippen LogP contribution in [-0.4, -0.2) is 19.2 Å². The zero-order valence-electron chi connectivity index (χ0n) is 12.1. The Morgan fingerprint density at radius 1 is 1.13 bits per heavy atom. The van der Waals surface area contributed by atoms with Crippen LogP contribution in [0.4, 0.5) is 14.9 Å². The number of hydrogen-bond donors (Lipinski definition) is 2. The van der Waals surface area contributed by atoms with E-state index in [0.29, 0.717) is 16.5 Å². The smallest absolute Gasteiger partial charge is 0.319 e. The molecule has 0 unspecified atom stereocenters. The minimum absolute atomic E-state index is 0.166. The van der Waals surface area contributed by atoms with Crippen LogP contribution < -0.4 is 15.4 Å². The highest BCUT2D eigenvalue weighted by molar-refractivity contribution is 6.32. The molecule has 0 fully saturated rings. The number of rotatable bonds is 4. The van der Waals surface area contributed by atoms with Crippen molar-refractivity contribution >= 4 is 23.3 Å². The molecule has 23 heavy (non-hydrogen) atoms. The van der Waals surface area contributed by atoms with Crippen molar-refractivity contribution in [3.63, 3.8) is 0 Å². The third-order valence-corrected chi connectivity index (χ3v) is 3.01. The molecule has 0 aliphatic heterocycles. The standard InChI is InChI=1S/C17H14ClFN2O2/c18-15-5-1-2-6-16(15)23-12-4-3-11-20-17(22)21-14-9-7-13(19)8-10-14/h1-2,5-10H,11-12H2,(H2,20,21,22). The number of ether oxygens (including phenoxy) is 1. The van der Waals surface area contributed by atoms with Crippen LogP contribution in [0.15, 0.2) is 48.5 Å². The van der Waals surface area contributed by atoms with Gasteiger partial charge in [0, 0.05) is 5.69 Å². The highest BCUT2D eigenvalue weighted by atomic mass is 35.5. The van der Waals surface area contributed by atoms with Crippen molar-refractivity contribution in [3.8, 4) is 17.6 Å². The SMILES string of the molecule is O=C(NCC#CCOc1ccccc1Cl)Nc1ccc(F)cc1. The van der Waals surface area contributed by atoms with E-state index >= 15 is 0 Å². The summed E-state index contributed by atoms with van der Waals surface area (Å²) in [5.74, 6) is 5.72. The van der Waals surface area contributed by atoms with Gasteiger partial charge in [-0.2, -0.15) is 0 Å². The molecular formula is C17H14ClFN2O2. The molecule has 0 radical (unpaired) electrons. The molecule has 2 N–H and O–H groups in total. The lowest BCUT2D eigenvalue weighted by Gasteiger charge is -2.05. The van der Waals surface area contributed by atoms with Crippen molar-refractivity contribution in [1.29, 1.82) is 0 Å². The summed E-state index contributed by atoms with van der Waals surface area (Å²) in [5, 5.41) is 5.64. The molecule has 118 valence electrons. The molecule has 2 rings (SSSR count). The van der Waals surface area contributed by atoms with Crippen molar-refractivity contribution in [3.05, 3.63) is 59.4 Å². The number of carbonyl (C=O) groups excluding carboxylic acids is 1. The average molecular weight is 333 g/mol. The van der Waals surface area contributed by atoms with E-state index in [1.165, 1.54) is 24.3 Å². The Morgan fingerprint density at radius 2 is 1.87 bits per heavy atom. The summed E-state index contributed by atoms with van der Waals surface area (Å²) in [5.41, 5.74) is 0.499. The number of para-hydroxylation sites is 1. The topological polar surface area (TPSA) is 50.4 Å². The highest BCUT2D eigenvalue weighted by Gasteiger charge is 2.00. The monoisotopic (exact) mass is 332 g/mol. The number of carbonyl (C=O) groups is 1. The fourth-order valence-corrected chi connectivity index (χ4v) is 1.81. The van der Waals surface area contributed by atoms with Crippen molar-refractivity contribution < 1.29 is 13.9 Å². The van der Waals surface area contributed by atoms with Crippen LogP contribution in [0.25, 0.3) is 0 Å². The summed E-state index contributed by atoms with van der Waals surface area (Å²) < 4.78 is 18.1. The normalized spacial score (nSPS) is 9.48. The largest absolute Gasteiger partial charge is 0.479 e. The maximum absolute atomic E-state index is 12.7. The van der Waals surface area contributed by atoms with Gasteiger partial charge in [0.05, 0.1) is 11.6 Å². The first-order valence-electron chi connectivity index (χ1n) is 6.78. The summed E-state index contributed by atoms with van der Waals surface area (Å²) in [6.45, 7) is 0.337. The molecule has 4 nitrogen and oxygen atoms in total. The van der Waals surface area contributed by atoms with Crippen LogP contribution in [0.1, 0.15) is 0 Å². The molecule has 6 heteroatoms. The fraction of sp³-hybridized carbons (Fsp3) is 0.118. The van der Waals surface area contributed by atoms with E-state index in [-0.39, 0.29) is 19.0 Å². The number of benzene rings is 2. The fourth-order valence-electron chi connectivity index (χ4n) is 1.62. The van der Waals surface area contributed by atoms with Gasteiger partial charge in [0.25, 0.3) is 0 Å². The summed E-state index contributed by atoms with van der Waals surface area (Å²) in [4.78, 5) is 11.6. The van der Waals surface area contributed by atoms with E-state index in [1.807, 2.05) is 12.1 Å². The summed E-state index contributed by atoms with van der Waals surface area (Å²) in [6, 6.07) is 12.2. The number of anilines is 1. The van der Waals surface area contributed by atoms with Crippen molar-refractivity contribution in [2.45, 2.75) is 0 Å². The molecule has 2 aromatic carbocycles. The molecule has 0 heterocycles. The second-order valence-electron chi connectivity index (χ2n) is 4.39. The van der Waals surface area contributed by atoms with Crippen LogP contribution in [-0.2, 0) is 0 Å². The molecule has 2 aromatic rings. The van der Waals surface area contributed by atoms with Gasteiger partial charge in [-0.1, -0.05) is 35.6 Å². The van der Waals surface area contributed by atoms with E-state index in [4.69, 9.17) is 16.3 Å². The minimum Gasteiger partial charge on any atom is -0.479 e. The molecule has 2 amide bonds. The Kier molecular flexibility index (Phi) is 6.28. The summed E-state index contributed by atoms with van der Waals surface area (Å²) in [7, 11) is 0. The lowest BCUT2D eigenvalue weighted by Crippen LogP contribution is -2.28. The second kappa shape index (κ2) is 8.66. The number of amides is 2. The van der Waals surface area contributed by atoms with Crippen LogP contribution in [0, 0.1) is 17.7 Å². The van der Waals surface area contributed by atoms with E-state index in [9.17, 15) is 9.18 Å². The second-order valence-corrected chi connectivity index (χ2v) is 4.79. The van der Waals surface area contributed by atoms with Gasteiger partial charge in [0.2, 0.25) is 0 Å². The lowest BCUT2D eigenvalue weighted by molar-refractivity contribution is 0.253. The Hall–Kier alpha value is -2.71. The molecule has 0 aliphatic carbocycles. The van der Waals surface area contributed by atoms with E-state index in [1.54, 1.807) is 12.1 Å². The summed E-state index contributed by atoms with van der Waals surface area (Å²) in [6.07, 6.45) is 0. The molecule has 0 bridgehead atoms. The van der Waals surface area contributed by atoms with Gasteiger partial charge in [-0.3, -0.25) is 0 Å². The lowest BCUT2D eigenvalue weighted by atomic mass is 10.3. The van der Waals surface area contributed by atoms with Gasteiger partial charge in [-0.15, -0.1) is 0 Å². The molecule has 0 saturated carbocycles. The maximum Gasteiger partial charge on any atom is 0.319 e. The van der Waals surface area contributed by atoms with Gasteiger partial charge in [0.15, 0.2) is 0 Å². The third kappa shape index (κ3) is 5.89. The van der Waals surface area contributed by atoms with E-state index in [0.717, 1.165) is 0 Å². The number of nitrogens with one attached hydrogen (secondary N) is 2. The number of urea groups is 1. The molecule has 0 spiro atoms. The van der Waals surface area contributed by atoms with Crippen LogP contribution >= 0.6 is 11.6 Å². The van der Waals surface area contributed by atoms with E-state index < -0.39 is 6.03 Å². The molecule has 0 saturated heterocycles. The van der Waals surface area contributed by atoms with Crippen LogP contribution in [0.2, 0.25) is 5.02 Å². The Labute approximate surface area is 138 Å². The quantitative estimate of drug-likeness (QED) is 0.839. The van der Waals surface area contributed by atoms with Gasteiger partial charge < -0.3 is 15.4 Å². The first kappa shape index (κ1) is 16.7. The van der Waals surface area contributed by atoms with Gasteiger partial charge >= 0.3 is 6.03 Å². The zero-order chi connectivity index (χ0) is 16.5. The third-order valence-electron chi connectivity index (χ3n) is 2.70. The molecule has 0 aliphatic rings. The Morgan fingerprint density at radius 3 is 2.61 bits per heavy atom. The number of hydrogen-bond acceptors (Lipinski definition) is 2. The minimum atomic E-state index is -0.419. The van der Waals surface area contributed by atoms with Crippen molar-refractivity contribution in [2.24, 2.45) is 0 Å². The van der Waals surface area contributed by atoms with Gasteiger partial charge in [-0.25, -0.2) is 9.18 Å². The molecular weight excluding hydrogens is 319 g/mol.